The van der Waals surface area contributed by atoms with Gasteiger partial charge < -0.3 is 10.2 Å². The fourth-order valence-corrected chi connectivity index (χ4v) is 2.24. The number of piperazine rings is 1. The Hall–Kier alpha value is -2.55. The highest BCUT2D eigenvalue weighted by molar-refractivity contribution is 5.96. The van der Waals surface area contributed by atoms with Gasteiger partial charge in [-0.25, -0.2) is 0 Å². The van der Waals surface area contributed by atoms with Crippen LogP contribution in [0.25, 0.3) is 0 Å². The molecule has 1 aliphatic heterocycles. The Morgan fingerprint density at radius 2 is 1.81 bits per heavy atom. The molecule has 0 bridgehead atoms. The van der Waals surface area contributed by atoms with Crippen molar-refractivity contribution in [3.8, 4) is 0 Å². The maximum atomic E-state index is 12.4. The third-order valence-electron chi connectivity index (χ3n) is 3.33. The molecule has 0 saturated carbocycles. The predicted molar refractivity (Wildman–Crippen MR) is 73.1 cm³/mol. The van der Waals surface area contributed by atoms with Crippen molar-refractivity contribution < 1.29 is 14.6 Å². The maximum absolute atomic E-state index is 12.4. The van der Waals surface area contributed by atoms with E-state index in [9.17, 15) is 25.0 Å². The summed E-state index contributed by atoms with van der Waals surface area (Å²) in [6.07, 6.45) is 0. The van der Waals surface area contributed by atoms with E-state index < -0.39 is 27.1 Å². The van der Waals surface area contributed by atoms with E-state index in [0.717, 1.165) is 18.2 Å². The highest BCUT2D eigenvalue weighted by Crippen LogP contribution is 2.24. The van der Waals surface area contributed by atoms with Crippen molar-refractivity contribution in [1.29, 1.82) is 0 Å². The molecule has 1 N–H and O–H groups in total. The second-order valence-electron chi connectivity index (χ2n) is 4.80. The van der Waals surface area contributed by atoms with Gasteiger partial charge in [-0.05, 0) is 6.92 Å². The zero-order chi connectivity index (χ0) is 15.6. The van der Waals surface area contributed by atoms with Gasteiger partial charge in [-0.3, -0.25) is 25.0 Å². The predicted octanol–water partition coefficient (Wildman–Crippen LogP) is 0.937. The van der Waals surface area contributed by atoms with Gasteiger partial charge in [0.05, 0.1) is 21.5 Å². The fraction of sp³-hybridized carbons (Fsp3) is 0.417. The molecule has 0 aliphatic carbocycles. The Balaban J connectivity index is 2.39. The Kier molecular flexibility index (Phi) is 4.13. The Bertz CT molecular complexity index is 571. The molecule has 1 unspecified atom stereocenters. The van der Waals surface area contributed by atoms with Crippen LogP contribution in [-0.2, 0) is 0 Å². The first-order chi connectivity index (χ1) is 9.90. The lowest BCUT2D eigenvalue weighted by atomic mass is 10.1. The summed E-state index contributed by atoms with van der Waals surface area (Å²) < 4.78 is 0. The molecule has 0 spiro atoms. The summed E-state index contributed by atoms with van der Waals surface area (Å²) in [6.45, 7) is 3.53. The van der Waals surface area contributed by atoms with E-state index in [0.29, 0.717) is 19.6 Å². The van der Waals surface area contributed by atoms with Crippen molar-refractivity contribution in [2.75, 3.05) is 19.6 Å². The minimum absolute atomic E-state index is 0.0374. The minimum atomic E-state index is -0.745. The molecule has 1 aromatic carbocycles. The molecule has 1 amide bonds. The van der Waals surface area contributed by atoms with Gasteiger partial charge in [-0.15, -0.1) is 0 Å². The van der Waals surface area contributed by atoms with Crippen molar-refractivity contribution in [1.82, 2.24) is 10.2 Å². The van der Waals surface area contributed by atoms with Crippen LogP contribution in [-0.4, -0.2) is 46.3 Å². The number of nitrogens with one attached hydrogen (secondary N) is 1. The standard InChI is InChI=1S/C12H14N4O5/c1-8-7-13-2-3-14(8)12(17)9-4-10(15(18)19)6-11(5-9)16(20)21/h4-6,8,13H,2-3,7H2,1H3. The van der Waals surface area contributed by atoms with E-state index >= 15 is 0 Å². The number of benzene rings is 1. The van der Waals surface area contributed by atoms with Gasteiger partial charge in [0, 0.05) is 37.8 Å². The molecule has 2 rings (SSSR count). The van der Waals surface area contributed by atoms with E-state index in [1.807, 2.05) is 6.92 Å². The summed E-state index contributed by atoms with van der Waals surface area (Å²) in [5.41, 5.74) is -0.963. The third kappa shape index (κ3) is 3.14. The molecule has 9 nitrogen and oxygen atoms in total. The smallest absolute Gasteiger partial charge is 0.277 e. The lowest BCUT2D eigenvalue weighted by Gasteiger charge is -2.33. The number of nitro groups is 2. The Labute approximate surface area is 119 Å². The third-order valence-corrected chi connectivity index (χ3v) is 3.33. The van der Waals surface area contributed by atoms with E-state index in [-0.39, 0.29) is 11.6 Å². The molecule has 1 fully saturated rings. The van der Waals surface area contributed by atoms with Gasteiger partial charge in [0.2, 0.25) is 0 Å². The summed E-state index contributed by atoms with van der Waals surface area (Å²) in [5, 5.41) is 24.8. The van der Waals surface area contributed by atoms with Gasteiger partial charge in [0.1, 0.15) is 0 Å². The molecule has 1 aromatic rings. The Morgan fingerprint density at radius 3 is 2.29 bits per heavy atom. The molecule has 112 valence electrons. The van der Waals surface area contributed by atoms with Gasteiger partial charge in [-0.2, -0.15) is 0 Å². The van der Waals surface area contributed by atoms with Gasteiger partial charge in [0.15, 0.2) is 0 Å². The first kappa shape index (κ1) is 14.9. The minimum Gasteiger partial charge on any atom is -0.333 e. The number of nitro benzene ring substituents is 2. The van der Waals surface area contributed by atoms with Gasteiger partial charge >= 0.3 is 0 Å². The number of hydrogen-bond donors (Lipinski definition) is 1. The first-order valence-corrected chi connectivity index (χ1v) is 6.35. The maximum Gasteiger partial charge on any atom is 0.277 e. The van der Waals surface area contributed by atoms with Crippen LogP contribution < -0.4 is 5.32 Å². The summed E-state index contributed by atoms with van der Waals surface area (Å²) in [5.74, 6) is -0.434. The fourth-order valence-electron chi connectivity index (χ4n) is 2.24. The van der Waals surface area contributed by atoms with Crippen molar-refractivity contribution in [2.24, 2.45) is 0 Å². The summed E-state index contributed by atoms with van der Waals surface area (Å²) in [7, 11) is 0. The molecule has 1 saturated heterocycles. The average Bonchev–Trinajstić information content (AvgIpc) is 2.46. The van der Waals surface area contributed by atoms with Crippen LogP contribution in [0.5, 0.6) is 0 Å². The Morgan fingerprint density at radius 1 is 1.24 bits per heavy atom. The molecular formula is C12H14N4O5. The van der Waals surface area contributed by atoms with Crippen molar-refractivity contribution in [3.63, 3.8) is 0 Å². The van der Waals surface area contributed by atoms with E-state index in [1.165, 1.54) is 0 Å². The van der Waals surface area contributed by atoms with Crippen LogP contribution in [0.3, 0.4) is 0 Å². The average molecular weight is 294 g/mol. The van der Waals surface area contributed by atoms with E-state index in [1.54, 1.807) is 4.90 Å². The SMILES string of the molecule is CC1CNCCN1C(=O)c1cc([N+](=O)[O-])cc([N+](=O)[O-])c1. The zero-order valence-corrected chi connectivity index (χ0v) is 11.3. The normalized spacial score (nSPS) is 18.3. The number of rotatable bonds is 3. The molecule has 0 radical (unpaired) electrons. The monoisotopic (exact) mass is 294 g/mol. The van der Waals surface area contributed by atoms with Crippen molar-refractivity contribution >= 4 is 17.3 Å². The van der Waals surface area contributed by atoms with Crippen LogP contribution in [0, 0.1) is 20.2 Å². The van der Waals surface area contributed by atoms with Crippen LogP contribution in [0.1, 0.15) is 17.3 Å². The van der Waals surface area contributed by atoms with Crippen LogP contribution >= 0.6 is 0 Å². The molecule has 1 atom stereocenters. The molecule has 21 heavy (non-hydrogen) atoms. The van der Waals surface area contributed by atoms with Crippen LogP contribution in [0.15, 0.2) is 18.2 Å². The number of carbonyl (C=O) groups excluding carboxylic acids is 1. The van der Waals surface area contributed by atoms with Crippen LogP contribution in [0.4, 0.5) is 11.4 Å². The van der Waals surface area contributed by atoms with Crippen LogP contribution in [0.2, 0.25) is 0 Å². The zero-order valence-electron chi connectivity index (χ0n) is 11.3. The largest absolute Gasteiger partial charge is 0.333 e. The summed E-state index contributed by atoms with van der Waals surface area (Å²) in [6, 6.07) is 2.91. The highest BCUT2D eigenvalue weighted by Gasteiger charge is 2.27. The van der Waals surface area contributed by atoms with E-state index in [2.05, 4.69) is 5.32 Å². The van der Waals surface area contributed by atoms with E-state index in [4.69, 9.17) is 0 Å². The number of non-ortho nitro benzene ring substituents is 2. The lowest BCUT2D eigenvalue weighted by molar-refractivity contribution is -0.394. The summed E-state index contributed by atoms with van der Waals surface area (Å²) in [4.78, 5) is 34.2. The first-order valence-electron chi connectivity index (χ1n) is 6.35. The number of carbonyl (C=O) groups is 1. The van der Waals surface area contributed by atoms with Gasteiger partial charge in [0.25, 0.3) is 17.3 Å². The topological polar surface area (TPSA) is 119 Å². The lowest BCUT2D eigenvalue weighted by Crippen LogP contribution is -2.52. The molecular weight excluding hydrogens is 280 g/mol. The number of hydrogen-bond acceptors (Lipinski definition) is 6. The summed E-state index contributed by atoms with van der Waals surface area (Å²) >= 11 is 0. The number of nitrogens with zero attached hydrogens (tertiary/aromatic N) is 3. The molecule has 1 aliphatic rings. The van der Waals surface area contributed by atoms with Gasteiger partial charge in [-0.1, -0.05) is 0 Å². The molecule has 1 heterocycles. The van der Waals surface area contributed by atoms with Crippen molar-refractivity contribution in [3.05, 3.63) is 44.0 Å². The highest BCUT2D eigenvalue weighted by atomic mass is 16.6. The second kappa shape index (κ2) is 5.83. The molecule has 9 heteroatoms. The van der Waals surface area contributed by atoms with Crippen molar-refractivity contribution in [2.45, 2.75) is 13.0 Å². The number of amides is 1. The molecule has 0 aromatic heterocycles. The quantitative estimate of drug-likeness (QED) is 0.654. The second-order valence-corrected chi connectivity index (χ2v) is 4.80.